The summed E-state index contributed by atoms with van der Waals surface area (Å²) in [5, 5.41) is 3.56. The minimum Gasteiger partial charge on any atom is -0.367 e. The van der Waals surface area contributed by atoms with Gasteiger partial charge in [-0.1, -0.05) is 24.3 Å². The van der Waals surface area contributed by atoms with Gasteiger partial charge in [-0.05, 0) is 56.9 Å². The maximum Gasteiger partial charge on any atom is 0.254 e. The molecule has 2 N–H and O–H groups in total. The monoisotopic (exact) mass is 403 g/mol. The van der Waals surface area contributed by atoms with Gasteiger partial charge in [-0.25, -0.2) is 9.97 Å². The molecule has 2 aromatic heterocycles. The summed E-state index contributed by atoms with van der Waals surface area (Å²) in [4.78, 5) is 26.4. The first-order valence-corrected chi connectivity index (χ1v) is 10.6. The second-order valence-electron chi connectivity index (χ2n) is 8.18. The van der Waals surface area contributed by atoms with E-state index in [1.54, 1.807) is 13.1 Å². The van der Waals surface area contributed by atoms with E-state index in [1.165, 1.54) is 11.1 Å². The van der Waals surface area contributed by atoms with Gasteiger partial charge in [0.15, 0.2) is 0 Å². The number of piperidine rings is 1. The summed E-state index contributed by atoms with van der Waals surface area (Å²) in [6, 6.07) is 13.0. The van der Waals surface area contributed by atoms with E-state index in [1.807, 2.05) is 19.1 Å². The van der Waals surface area contributed by atoms with Gasteiger partial charge in [0, 0.05) is 48.7 Å². The maximum atomic E-state index is 12.0. The molecular formula is C24H29N5O. The molecule has 1 aromatic carbocycles. The van der Waals surface area contributed by atoms with Crippen LogP contribution < -0.4 is 10.9 Å². The summed E-state index contributed by atoms with van der Waals surface area (Å²) in [5.41, 5.74) is 4.89. The summed E-state index contributed by atoms with van der Waals surface area (Å²) in [6.45, 7) is 9.00. The van der Waals surface area contributed by atoms with E-state index in [2.05, 4.69) is 56.4 Å². The predicted octanol–water partition coefficient (Wildman–Crippen LogP) is 3.83. The Morgan fingerprint density at radius 1 is 1.10 bits per heavy atom. The van der Waals surface area contributed by atoms with Crippen molar-refractivity contribution in [1.29, 1.82) is 0 Å². The van der Waals surface area contributed by atoms with Crippen molar-refractivity contribution in [2.45, 2.75) is 46.2 Å². The molecule has 3 aromatic rings. The van der Waals surface area contributed by atoms with Gasteiger partial charge < -0.3 is 10.3 Å². The average Bonchev–Trinajstić information content (AvgIpc) is 2.75. The van der Waals surface area contributed by atoms with Gasteiger partial charge >= 0.3 is 0 Å². The van der Waals surface area contributed by atoms with Crippen molar-refractivity contribution >= 4 is 5.82 Å². The molecule has 6 heteroatoms. The highest BCUT2D eigenvalue weighted by atomic mass is 16.1. The van der Waals surface area contributed by atoms with E-state index in [4.69, 9.17) is 0 Å². The molecule has 0 bridgehead atoms. The van der Waals surface area contributed by atoms with Crippen LogP contribution in [0.4, 0.5) is 5.82 Å². The second-order valence-corrected chi connectivity index (χ2v) is 8.18. The summed E-state index contributed by atoms with van der Waals surface area (Å²) >= 11 is 0. The topological polar surface area (TPSA) is 73.9 Å². The summed E-state index contributed by atoms with van der Waals surface area (Å²) in [6.07, 6.45) is 3.96. The van der Waals surface area contributed by atoms with Crippen molar-refractivity contribution < 1.29 is 0 Å². The highest BCUT2D eigenvalue weighted by molar-refractivity contribution is 5.56. The molecule has 4 rings (SSSR count). The Morgan fingerprint density at radius 2 is 1.87 bits per heavy atom. The first-order chi connectivity index (χ1) is 14.5. The number of likely N-dealkylation sites (tertiary alicyclic amines) is 1. The smallest absolute Gasteiger partial charge is 0.254 e. The molecule has 3 heterocycles. The molecule has 1 aliphatic rings. The number of pyridine rings is 1. The third kappa shape index (κ3) is 4.60. The lowest BCUT2D eigenvalue weighted by atomic mass is 10.0. The molecule has 1 saturated heterocycles. The van der Waals surface area contributed by atoms with Gasteiger partial charge in [-0.15, -0.1) is 0 Å². The van der Waals surface area contributed by atoms with Crippen molar-refractivity contribution in [3.05, 3.63) is 75.3 Å². The molecule has 0 radical (unpaired) electrons. The lowest BCUT2D eigenvalue weighted by Crippen LogP contribution is -2.38. The van der Waals surface area contributed by atoms with Crippen LogP contribution >= 0.6 is 0 Å². The van der Waals surface area contributed by atoms with Crippen molar-refractivity contribution in [3.63, 3.8) is 0 Å². The van der Waals surface area contributed by atoms with Crippen LogP contribution in [0.2, 0.25) is 0 Å². The van der Waals surface area contributed by atoms with Crippen molar-refractivity contribution in [3.8, 4) is 11.4 Å². The van der Waals surface area contributed by atoms with E-state index in [9.17, 15) is 4.79 Å². The minimum absolute atomic E-state index is 0.0999. The van der Waals surface area contributed by atoms with Crippen LogP contribution in [0.3, 0.4) is 0 Å². The van der Waals surface area contributed by atoms with Crippen molar-refractivity contribution in [1.82, 2.24) is 19.9 Å². The molecular weight excluding hydrogens is 374 g/mol. The van der Waals surface area contributed by atoms with Gasteiger partial charge in [0.1, 0.15) is 11.6 Å². The normalized spacial score (nSPS) is 15.3. The zero-order chi connectivity index (χ0) is 21.1. The van der Waals surface area contributed by atoms with E-state index >= 15 is 0 Å². The van der Waals surface area contributed by atoms with Crippen LogP contribution in [0.25, 0.3) is 11.4 Å². The van der Waals surface area contributed by atoms with Crippen LogP contribution in [0.5, 0.6) is 0 Å². The summed E-state index contributed by atoms with van der Waals surface area (Å²) < 4.78 is 0. The van der Waals surface area contributed by atoms with Crippen LogP contribution in [-0.2, 0) is 6.54 Å². The van der Waals surface area contributed by atoms with Crippen LogP contribution in [-0.4, -0.2) is 39.0 Å². The van der Waals surface area contributed by atoms with Gasteiger partial charge in [-0.2, -0.15) is 0 Å². The maximum absolute atomic E-state index is 12.0. The van der Waals surface area contributed by atoms with Crippen LogP contribution in [0.15, 0.2) is 47.4 Å². The Morgan fingerprint density at radius 3 is 2.53 bits per heavy atom. The fraction of sp³-hybridized carbons (Fsp3) is 0.375. The quantitative estimate of drug-likeness (QED) is 0.677. The van der Waals surface area contributed by atoms with E-state index in [0.717, 1.165) is 49.6 Å². The summed E-state index contributed by atoms with van der Waals surface area (Å²) in [5.74, 6) is 1.42. The Labute approximate surface area is 177 Å². The van der Waals surface area contributed by atoms with Crippen LogP contribution in [0, 0.1) is 20.8 Å². The standard InChI is InChI=1S/C24H29N5O/c1-16-6-4-5-7-20(16)15-29-12-10-21(11-13-29)27-22-9-8-19(14-25-22)23-26-18(3)17(2)24(30)28-23/h4-9,14,21H,10-13,15H2,1-3H3,(H,25,27)(H,26,28,30). The zero-order valence-electron chi connectivity index (χ0n) is 17.9. The number of nitrogens with one attached hydrogen (secondary N) is 2. The van der Waals surface area contributed by atoms with Gasteiger partial charge in [0.05, 0.1) is 0 Å². The Kier molecular flexibility index (Phi) is 5.95. The zero-order valence-corrected chi connectivity index (χ0v) is 17.9. The molecule has 6 nitrogen and oxygen atoms in total. The highest BCUT2D eigenvalue weighted by Gasteiger charge is 2.20. The second kappa shape index (κ2) is 8.79. The number of hydrogen-bond acceptors (Lipinski definition) is 5. The molecule has 156 valence electrons. The number of hydrogen-bond donors (Lipinski definition) is 2. The van der Waals surface area contributed by atoms with E-state index in [0.29, 0.717) is 17.4 Å². The number of aromatic amines is 1. The number of nitrogens with zero attached hydrogens (tertiary/aromatic N) is 3. The number of H-pyrrole nitrogens is 1. The first kappa shape index (κ1) is 20.3. The molecule has 0 amide bonds. The molecule has 0 spiro atoms. The summed E-state index contributed by atoms with van der Waals surface area (Å²) in [7, 11) is 0. The number of aryl methyl sites for hydroxylation is 2. The average molecular weight is 404 g/mol. The van der Waals surface area contributed by atoms with Crippen LogP contribution in [0.1, 0.15) is 35.2 Å². The SMILES string of the molecule is Cc1ccccc1CN1CCC(Nc2ccc(-c3nc(C)c(C)c(=O)[nH]3)cn2)CC1. The molecule has 0 aliphatic carbocycles. The largest absolute Gasteiger partial charge is 0.367 e. The van der Waals surface area contributed by atoms with E-state index < -0.39 is 0 Å². The van der Waals surface area contributed by atoms with Crippen molar-refractivity contribution in [2.75, 3.05) is 18.4 Å². The van der Waals surface area contributed by atoms with E-state index in [-0.39, 0.29) is 5.56 Å². The fourth-order valence-corrected chi connectivity index (χ4v) is 3.87. The molecule has 30 heavy (non-hydrogen) atoms. The fourth-order valence-electron chi connectivity index (χ4n) is 3.87. The highest BCUT2D eigenvalue weighted by Crippen LogP contribution is 2.20. The Bertz CT molecular complexity index is 1070. The lowest BCUT2D eigenvalue weighted by Gasteiger charge is -2.33. The minimum atomic E-state index is -0.0999. The first-order valence-electron chi connectivity index (χ1n) is 10.6. The molecule has 1 fully saturated rings. The van der Waals surface area contributed by atoms with Gasteiger partial charge in [0.2, 0.25) is 0 Å². The number of rotatable bonds is 5. The molecule has 1 aliphatic heterocycles. The number of aromatic nitrogens is 3. The molecule has 0 saturated carbocycles. The Hall–Kier alpha value is -2.99. The Balaban J connectivity index is 1.34. The predicted molar refractivity (Wildman–Crippen MR) is 121 cm³/mol. The number of anilines is 1. The third-order valence-corrected chi connectivity index (χ3v) is 6.03. The van der Waals surface area contributed by atoms with Gasteiger partial charge in [0.25, 0.3) is 5.56 Å². The molecule has 0 atom stereocenters. The molecule has 0 unspecified atom stereocenters. The van der Waals surface area contributed by atoms with Gasteiger partial charge in [-0.3, -0.25) is 9.69 Å². The lowest BCUT2D eigenvalue weighted by molar-refractivity contribution is 0.211. The number of benzene rings is 1. The van der Waals surface area contributed by atoms with Crippen molar-refractivity contribution in [2.24, 2.45) is 0 Å². The third-order valence-electron chi connectivity index (χ3n) is 6.03.